The molecule has 0 aromatic carbocycles. The molecule has 0 heterocycles. The van der Waals surface area contributed by atoms with Crippen LogP contribution in [-0.2, 0) is 9.59 Å². The molecule has 7 nitrogen and oxygen atoms in total. The zero-order valence-electron chi connectivity index (χ0n) is 10.1. The number of amides is 3. The number of primary amides is 1. The SMILES string of the molecule is CCCC(NC(=O)N(CC)CC(N)=O)C(=O)O. The summed E-state index contributed by atoms with van der Waals surface area (Å²) in [4.78, 5) is 34.3. The molecule has 0 aromatic heterocycles. The normalized spacial score (nSPS) is 11.6. The molecular weight excluding hydrogens is 226 g/mol. The Morgan fingerprint density at radius 2 is 1.94 bits per heavy atom. The lowest BCUT2D eigenvalue weighted by atomic mass is 10.2. The van der Waals surface area contributed by atoms with Gasteiger partial charge in [-0.15, -0.1) is 0 Å². The van der Waals surface area contributed by atoms with E-state index in [1.165, 1.54) is 0 Å². The number of carboxylic acids is 1. The van der Waals surface area contributed by atoms with Crippen LogP contribution >= 0.6 is 0 Å². The second kappa shape index (κ2) is 7.48. The molecule has 0 aromatic rings. The number of nitrogens with one attached hydrogen (secondary N) is 1. The van der Waals surface area contributed by atoms with Gasteiger partial charge >= 0.3 is 12.0 Å². The molecule has 0 rings (SSSR count). The van der Waals surface area contributed by atoms with E-state index in [0.29, 0.717) is 12.8 Å². The largest absolute Gasteiger partial charge is 0.480 e. The molecule has 0 saturated carbocycles. The Bertz CT molecular complexity index is 293. The van der Waals surface area contributed by atoms with E-state index in [2.05, 4.69) is 5.32 Å². The fourth-order valence-corrected chi connectivity index (χ4v) is 1.30. The maximum absolute atomic E-state index is 11.6. The van der Waals surface area contributed by atoms with E-state index in [4.69, 9.17) is 10.8 Å². The summed E-state index contributed by atoms with van der Waals surface area (Å²) in [6, 6.07) is -1.53. The summed E-state index contributed by atoms with van der Waals surface area (Å²) in [5, 5.41) is 11.2. The van der Waals surface area contributed by atoms with Gasteiger partial charge in [0.05, 0.1) is 0 Å². The Kier molecular flexibility index (Phi) is 6.69. The molecule has 3 amide bonds. The molecule has 0 saturated heterocycles. The third-order valence-corrected chi connectivity index (χ3v) is 2.19. The molecule has 1 unspecified atom stereocenters. The molecule has 98 valence electrons. The van der Waals surface area contributed by atoms with Crippen molar-refractivity contribution in [1.82, 2.24) is 10.2 Å². The molecule has 7 heteroatoms. The van der Waals surface area contributed by atoms with Crippen LogP contribution in [-0.4, -0.2) is 47.0 Å². The first-order valence-corrected chi connectivity index (χ1v) is 5.48. The maximum atomic E-state index is 11.6. The molecule has 0 spiro atoms. The zero-order chi connectivity index (χ0) is 13.4. The van der Waals surface area contributed by atoms with E-state index in [9.17, 15) is 14.4 Å². The average Bonchev–Trinajstić information content (AvgIpc) is 2.24. The average molecular weight is 245 g/mol. The van der Waals surface area contributed by atoms with Gasteiger partial charge in [-0.25, -0.2) is 9.59 Å². The van der Waals surface area contributed by atoms with E-state index in [1.807, 2.05) is 6.92 Å². The minimum Gasteiger partial charge on any atom is -0.480 e. The Hall–Kier alpha value is -1.79. The minimum atomic E-state index is -1.09. The highest BCUT2D eigenvalue weighted by Crippen LogP contribution is 1.99. The van der Waals surface area contributed by atoms with Crippen LogP contribution in [0.3, 0.4) is 0 Å². The molecule has 17 heavy (non-hydrogen) atoms. The first kappa shape index (κ1) is 15.2. The Balaban J connectivity index is 4.45. The van der Waals surface area contributed by atoms with E-state index in [-0.39, 0.29) is 13.1 Å². The van der Waals surface area contributed by atoms with E-state index in [0.717, 1.165) is 4.90 Å². The Morgan fingerprint density at radius 1 is 1.35 bits per heavy atom. The van der Waals surface area contributed by atoms with E-state index in [1.54, 1.807) is 6.92 Å². The number of hydrogen-bond acceptors (Lipinski definition) is 3. The van der Waals surface area contributed by atoms with Crippen molar-refractivity contribution in [2.45, 2.75) is 32.7 Å². The molecule has 0 radical (unpaired) electrons. The Labute approximate surface area is 100.0 Å². The van der Waals surface area contributed by atoms with Gasteiger partial charge in [-0.1, -0.05) is 13.3 Å². The van der Waals surface area contributed by atoms with Crippen molar-refractivity contribution in [3.63, 3.8) is 0 Å². The number of nitrogens with zero attached hydrogens (tertiary/aromatic N) is 1. The highest BCUT2D eigenvalue weighted by atomic mass is 16.4. The number of rotatable bonds is 7. The van der Waals surface area contributed by atoms with Crippen molar-refractivity contribution in [2.24, 2.45) is 5.73 Å². The predicted molar refractivity (Wildman–Crippen MR) is 61.3 cm³/mol. The highest BCUT2D eigenvalue weighted by Gasteiger charge is 2.22. The van der Waals surface area contributed by atoms with E-state index < -0.39 is 23.9 Å². The minimum absolute atomic E-state index is 0.221. The van der Waals surface area contributed by atoms with Gasteiger partial charge < -0.3 is 21.1 Å². The van der Waals surface area contributed by atoms with Crippen LogP contribution in [0.25, 0.3) is 0 Å². The molecule has 0 aliphatic rings. The lowest BCUT2D eigenvalue weighted by Crippen LogP contribution is -2.50. The first-order chi connectivity index (χ1) is 7.92. The summed E-state index contributed by atoms with van der Waals surface area (Å²) in [6.45, 7) is 3.56. The van der Waals surface area contributed by atoms with Crippen LogP contribution in [0.2, 0.25) is 0 Å². The van der Waals surface area contributed by atoms with Gasteiger partial charge in [0.15, 0.2) is 0 Å². The molecule has 0 bridgehead atoms. The summed E-state index contributed by atoms with van der Waals surface area (Å²) in [5.74, 6) is -1.72. The molecule has 0 fully saturated rings. The predicted octanol–water partition coefficient (Wildman–Crippen LogP) is -0.243. The van der Waals surface area contributed by atoms with Crippen molar-refractivity contribution < 1.29 is 19.5 Å². The number of nitrogens with two attached hydrogens (primary N) is 1. The smallest absolute Gasteiger partial charge is 0.326 e. The lowest BCUT2D eigenvalue weighted by molar-refractivity contribution is -0.139. The van der Waals surface area contributed by atoms with Crippen molar-refractivity contribution in [3.8, 4) is 0 Å². The summed E-state index contributed by atoms with van der Waals surface area (Å²) >= 11 is 0. The summed E-state index contributed by atoms with van der Waals surface area (Å²) in [7, 11) is 0. The van der Waals surface area contributed by atoms with Gasteiger partial charge in [0.2, 0.25) is 5.91 Å². The standard InChI is InChI=1S/C10H19N3O4/c1-3-5-7(9(15)16)12-10(17)13(4-2)6-8(11)14/h7H,3-6H2,1-2H3,(H2,11,14)(H,12,17)(H,15,16). The molecule has 0 aliphatic carbocycles. The summed E-state index contributed by atoms with van der Waals surface area (Å²) in [6.07, 6.45) is 0.981. The molecule has 4 N–H and O–H groups in total. The van der Waals surface area contributed by atoms with Gasteiger partial charge in [0.25, 0.3) is 0 Å². The van der Waals surface area contributed by atoms with Crippen molar-refractivity contribution in [1.29, 1.82) is 0 Å². The Morgan fingerprint density at radius 3 is 2.29 bits per heavy atom. The topological polar surface area (TPSA) is 113 Å². The van der Waals surface area contributed by atoms with E-state index >= 15 is 0 Å². The monoisotopic (exact) mass is 245 g/mol. The third-order valence-electron chi connectivity index (χ3n) is 2.19. The second-order valence-corrected chi connectivity index (χ2v) is 3.61. The summed E-state index contributed by atoms with van der Waals surface area (Å²) in [5.41, 5.74) is 4.98. The fourth-order valence-electron chi connectivity index (χ4n) is 1.30. The van der Waals surface area contributed by atoms with Crippen LogP contribution in [0.5, 0.6) is 0 Å². The second-order valence-electron chi connectivity index (χ2n) is 3.61. The van der Waals surface area contributed by atoms with Gasteiger partial charge in [0, 0.05) is 6.54 Å². The summed E-state index contributed by atoms with van der Waals surface area (Å²) < 4.78 is 0. The molecular formula is C10H19N3O4. The number of carboxylic acid groups (broad SMARTS) is 1. The third kappa shape index (κ3) is 5.74. The van der Waals surface area contributed by atoms with Gasteiger partial charge in [0.1, 0.15) is 12.6 Å². The number of carbonyl (C=O) groups is 3. The molecule has 0 aliphatic heterocycles. The van der Waals surface area contributed by atoms with Gasteiger partial charge in [-0.05, 0) is 13.3 Å². The van der Waals surface area contributed by atoms with Crippen molar-refractivity contribution in [3.05, 3.63) is 0 Å². The van der Waals surface area contributed by atoms with Crippen LogP contribution in [0.4, 0.5) is 4.79 Å². The lowest BCUT2D eigenvalue weighted by Gasteiger charge is -2.22. The van der Waals surface area contributed by atoms with Crippen LogP contribution in [0.1, 0.15) is 26.7 Å². The van der Waals surface area contributed by atoms with Gasteiger partial charge in [-0.3, -0.25) is 4.79 Å². The first-order valence-electron chi connectivity index (χ1n) is 5.48. The number of carbonyl (C=O) groups excluding carboxylic acids is 2. The zero-order valence-corrected chi connectivity index (χ0v) is 10.1. The quantitative estimate of drug-likeness (QED) is 0.574. The highest BCUT2D eigenvalue weighted by molar-refractivity contribution is 5.86. The maximum Gasteiger partial charge on any atom is 0.326 e. The number of urea groups is 1. The molecule has 1 atom stereocenters. The van der Waals surface area contributed by atoms with Gasteiger partial charge in [-0.2, -0.15) is 0 Å². The van der Waals surface area contributed by atoms with Crippen molar-refractivity contribution >= 4 is 17.9 Å². The van der Waals surface area contributed by atoms with Crippen molar-refractivity contribution in [2.75, 3.05) is 13.1 Å². The van der Waals surface area contributed by atoms with Crippen LogP contribution in [0, 0.1) is 0 Å². The van der Waals surface area contributed by atoms with Crippen LogP contribution < -0.4 is 11.1 Å². The number of aliphatic carboxylic acids is 1. The van der Waals surface area contributed by atoms with Crippen LogP contribution in [0.15, 0.2) is 0 Å². The number of likely N-dealkylation sites (N-methyl/N-ethyl adjacent to an activating group) is 1. The fraction of sp³-hybridized carbons (Fsp3) is 0.700. The number of hydrogen-bond donors (Lipinski definition) is 3.